The van der Waals surface area contributed by atoms with Crippen molar-refractivity contribution in [2.45, 2.75) is 4.90 Å². The van der Waals surface area contributed by atoms with Gasteiger partial charge in [-0.1, -0.05) is 18.2 Å². The van der Waals surface area contributed by atoms with E-state index in [0.717, 1.165) is 0 Å². The molecule has 2 heterocycles. The quantitative estimate of drug-likeness (QED) is 0.739. The third-order valence-electron chi connectivity index (χ3n) is 2.95. The first-order chi connectivity index (χ1) is 11.0. The Morgan fingerprint density at radius 1 is 1.09 bits per heavy atom. The lowest BCUT2D eigenvalue weighted by Crippen LogP contribution is -2.13. The fraction of sp³-hybridized carbons (Fsp3) is 0.154. The second-order valence-electron chi connectivity index (χ2n) is 4.41. The van der Waals surface area contributed by atoms with Gasteiger partial charge in [0, 0.05) is 0 Å². The molecule has 0 radical (unpaired) electrons. The molecule has 0 aliphatic carbocycles. The average Bonchev–Trinajstić information content (AvgIpc) is 2.96. The lowest BCUT2D eigenvalue weighted by atomic mass is 10.4. The highest BCUT2D eigenvalue weighted by Gasteiger charge is 2.18. The number of aromatic nitrogens is 4. The highest BCUT2D eigenvalue weighted by Crippen LogP contribution is 2.20. The zero-order valence-electron chi connectivity index (χ0n) is 12.3. The maximum atomic E-state index is 12.3. The van der Waals surface area contributed by atoms with E-state index < -0.39 is 10.0 Å². The average molecular weight is 335 g/mol. The molecule has 0 aliphatic rings. The van der Waals surface area contributed by atoms with Crippen LogP contribution < -0.4 is 14.2 Å². The van der Waals surface area contributed by atoms with Gasteiger partial charge in [0.15, 0.2) is 0 Å². The first-order valence-electron chi connectivity index (χ1n) is 6.47. The van der Waals surface area contributed by atoms with Crippen LogP contribution in [-0.4, -0.2) is 42.2 Å². The normalized spacial score (nSPS) is 11.4. The summed E-state index contributed by atoms with van der Waals surface area (Å²) in [4.78, 5) is 8.22. The number of fused-ring (bicyclic) bond motifs is 1. The number of anilines is 1. The lowest BCUT2D eigenvalue weighted by Gasteiger charge is -2.04. The molecular weight excluding hydrogens is 322 g/mol. The van der Waals surface area contributed by atoms with Crippen LogP contribution >= 0.6 is 0 Å². The standard InChI is InChI=1S/C13H13N5O4S/c1-21-10-8-11(22-2)18-13(14-10)15-12(16-18)17-23(19,20)9-6-4-3-5-7-9/h3-8H,1-2H3,(H,16,17). The van der Waals surface area contributed by atoms with E-state index in [1.807, 2.05) is 0 Å². The fourth-order valence-corrected chi connectivity index (χ4v) is 2.85. The fourth-order valence-electron chi connectivity index (χ4n) is 1.89. The molecule has 9 nitrogen and oxygen atoms in total. The Labute approximate surface area is 132 Å². The van der Waals surface area contributed by atoms with E-state index in [1.54, 1.807) is 18.2 Å². The zero-order valence-corrected chi connectivity index (χ0v) is 13.1. The minimum Gasteiger partial charge on any atom is -0.481 e. The van der Waals surface area contributed by atoms with Crippen LogP contribution in [0.2, 0.25) is 0 Å². The number of hydrogen-bond acceptors (Lipinski definition) is 7. The van der Waals surface area contributed by atoms with E-state index in [2.05, 4.69) is 19.8 Å². The molecule has 0 saturated heterocycles. The molecule has 0 spiro atoms. The summed E-state index contributed by atoms with van der Waals surface area (Å²) in [7, 11) is -0.884. The Balaban J connectivity index is 2.01. The van der Waals surface area contributed by atoms with Gasteiger partial charge in [0.25, 0.3) is 21.7 Å². The molecule has 3 rings (SSSR count). The van der Waals surface area contributed by atoms with E-state index in [4.69, 9.17) is 9.47 Å². The van der Waals surface area contributed by atoms with Gasteiger partial charge in [-0.05, 0) is 12.1 Å². The summed E-state index contributed by atoms with van der Waals surface area (Å²) >= 11 is 0. The minimum atomic E-state index is -3.78. The van der Waals surface area contributed by atoms with Crippen LogP contribution in [0.1, 0.15) is 0 Å². The number of nitrogens with zero attached hydrogens (tertiary/aromatic N) is 4. The van der Waals surface area contributed by atoms with Gasteiger partial charge in [0.2, 0.25) is 11.8 Å². The SMILES string of the molecule is COc1cc(OC)n2nc(NS(=O)(=O)c3ccccc3)nc2n1. The third kappa shape index (κ3) is 2.88. The lowest BCUT2D eigenvalue weighted by molar-refractivity contribution is 0.365. The highest BCUT2D eigenvalue weighted by molar-refractivity contribution is 7.92. The molecule has 10 heteroatoms. The van der Waals surface area contributed by atoms with Crippen molar-refractivity contribution in [3.05, 3.63) is 36.4 Å². The summed E-state index contributed by atoms with van der Waals surface area (Å²) in [6.07, 6.45) is 0. The van der Waals surface area contributed by atoms with Gasteiger partial charge >= 0.3 is 0 Å². The number of rotatable bonds is 5. The van der Waals surface area contributed by atoms with Gasteiger partial charge in [-0.15, -0.1) is 5.10 Å². The molecule has 3 aromatic rings. The van der Waals surface area contributed by atoms with Crippen LogP contribution in [0.25, 0.3) is 5.78 Å². The van der Waals surface area contributed by atoms with E-state index in [0.29, 0.717) is 5.88 Å². The van der Waals surface area contributed by atoms with E-state index in [1.165, 1.54) is 36.9 Å². The Morgan fingerprint density at radius 2 is 1.83 bits per heavy atom. The minimum absolute atomic E-state index is 0.108. The summed E-state index contributed by atoms with van der Waals surface area (Å²) < 4.78 is 38.3. The maximum absolute atomic E-state index is 12.3. The van der Waals surface area contributed by atoms with Gasteiger partial charge in [-0.2, -0.15) is 14.5 Å². The molecule has 0 fully saturated rings. The molecule has 2 aromatic heterocycles. The van der Waals surface area contributed by atoms with E-state index in [-0.39, 0.29) is 22.5 Å². The predicted octanol–water partition coefficient (Wildman–Crippen LogP) is 0.942. The van der Waals surface area contributed by atoms with Crippen molar-refractivity contribution in [3.8, 4) is 11.8 Å². The predicted molar refractivity (Wildman–Crippen MR) is 81.1 cm³/mol. The Kier molecular flexibility index (Phi) is 3.74. The molecule has 0 aliphatic heterocycles. The molecule has 0 bridgehead atoms. The van der Waals surface area contributed by atoms with Crippen molar-refractivity contribution in [1.29, 1.82) is 0 Å². The van der Waals surface area contributed by atoms with Crippen LogP contribution in [0.3, 0.4) is 0 Å². The molecule has 23 heavy (non-hydrogen) atoms. The number of methoxy groups -OCH3 is 2. The van der Waals surface area contributed by atoms with Crippen molar-refractivity contribution in [2.75, 3.05) is 18.9 Å². The molecule has 1 aromatic carbocycles. The molecule has 1 N–H and O–H groups in total. The number of sulfonamides is 1. The number of benzene rings is 1. The number of nitrogens with one attached hydrogen (secondary N) is 1. The van der Waals surface area contributed by atoms with Gasteiger partial charge < -0.3 is 9.47 Å². The number of hydrogen-bond donors (Lipinski definition) is 1. The summed E-state index contributed by atoms with van der Waals surface area (Å²) in [5, 5.41) is 4.04. The highest BCUT2D eigenvalue weighted by atomic mass is 32.2. The van der Waals surface area contributed by atoms with Crippen LogP contribution in [0.5, 0.6) is 11.8 Å². The molecule has 120 valence electrons. The van der Waals surface area contributed by atoms with Crippen molar-refractivity contribution in [1.82, 2.24) is 19.6 Å². The summed E-state index contributed by atoms with van der Waals surface area (Å²) in [6.45, 7) is 0. The van der Waals surface area contributed by atoms with Gasteiger partial charge in [-0.25, -0.2) is 13.1 Å². The third-order valence-corrected chi connectivity index (χ3v) is 4.30. The van der Waals surface area contributed by atoms with E-state index in [9.17, 15) is 8.42 Å². The topological polar surface area (TPSA) is 108 Å². The second kappa shape index (κ2) is 5.72. The second-order valence-corrected chi connectivity index (χ2v) is 6.09. The molecule has 0 unspecified atom stereocenters. The maximum Gasteiger partial charge on any atom is 0.264 e. The molecule has 0 saturated carbocycles. The zero-order chi connectivity index (χ0) is 16.4. The van der Waals surface area contributed by atoms with Crippen LogP contribution in [0.15, 0.2) is 41.3 Å². The van der Waals surface area contributed by atoms with Crippen molar-refractivity contribution in [2.24, 2.45) is 0 Å². The molecular formula is C13H13N5O4S. The van der Waals surface area contributed by atoms with Crippen LogP contribution in [0.4, 0.5) is 5.95 Å². The molecule has 0 atom stereocenters. The van der Waals surface area contributed by atoms with Crippen molar-refractivity contribution >= 4 is 21.7 Å². The summed E-state index contributed by atoms with van der Waals surface area (Å²) in [5.41, 5.74) is 0. The first kappa shape index (κ1) is 15.0. The monoisotopic (exact) mass is 335 g/mol. The van der Waals surface area contributed by atoms with Crippen molar-refractivity contribution < 1.29 is 17.9 Å². The van der Waals surface area contributed by atoms with Gasteiger partial charge in [0.1, 0.15) is 0 Å². The van der Waals surface area contributed by atoms with Gasteiger partial charge in [-0.3, -0.25) is 0 Å². The van der Waals surface area contributed by atoms with Crippen molar-refractivity contribution in [3.63, 3.8) is 0 Å². The van der Waals surface area contributed by atoms with Crippen LogP contribution in [-0.2, 0) is 10.0 Å². The molecule has 0 amide bonds. The summed E-state index contributed by atoms with van der Waals surface area (Å²) in [6, 6.07) is 9.43. The summed E-state index contributed by atoms with van der Waals surface area (Å²) in [5.74, 6) is 0.614. The van der Waals surface area contributed by atoms with Gasteiger partial charge in [0.05, 0.1) is 25.2 Å². The van der Waals surface area contributed by atoms with Crippen LogP contribution in [0, 0.1) is 0 Å². The Morgan fingerprint density at radius 3 is 2.48 bits per heavy atom. The largest absolute Gasteiger partial charge is 0.481 e. The number of ether oxygens (including phenoxy) is 2. The Bertz CT molecular complexity index is 940. The smallest absolute Gasteiger partial charge is 0.264 e. The first-order valence-corrected chi connectivity index (χ1v) is 7.95. The Hall–Kier alpha value is -2.88. The van der Waals surface area contributed by atoms with E-state index >= 15 is 0 Å².